The second kappa shape index (κ2) is 7.86. The highest BCUT2D eigenvalue weighted by Gasteiger charge is 2.28. The highest BCUT2D eigenvalue weighted by atomic mass is 35.5. The van der Waals surface area contributed by atoms with Crippen LogP contribution in [0.15, 0.2) is 18.2 Å². The van der Waals surface area contributed by atoms with Crippen LogP contribution in [0.3, 0.4) is 0 Å². The number of hydrogen-bond acceptors (Lipinski definition) is 4. The first-order valence-corrected chi connectivity index (χ1v) is 9.26. The summed E-state index contributed by atoms with van der Waals surface area (Å²) in [4.78, 5) is 24.4. The van der Waals surface area contributed by atoms with Crippen molar-refractivity contribution in [2.24, 2.45) is 0 Å². The number of rotatable bonds is 7. The molecule has 1 aromatic carbocycles. The molecule has 1 saturated carbocycles. The topological polar surface area (TPSA) is 88.9 Å². The molecule has 3 rings (SSSR count). The standard InChI is InChI=1S/C18H22ClN5O2/c1-3-5-15-16(18(26)21-12-7-8-12)22-23-24(15)14-9-6-11(10-13(14)19)17(25)20-4-2/h6,9-10,12H,3-5,7-8H2,1-2H3,(H,20,25)(H,21,26). The van der Waals surface area contributed by atoms with Crippen molar-refractivity contribution in [2.75, 3.05) is 6.54 Å². The third-order valence-electron chi connectivity index (χ3n) is 4.15. The molecule has 0 bridgehead atoms. The molecule has 7 nitrogen and oxygen atoms in total. The first kappa shape index (κ1) is 18.4. The van der Waals surface area contributed by atoms with E-state index in [-0.39, 0.29) is 17.9 Å². The zero-order valence-electron chi connectivity index (χ0n) is 14.9. The van der Waals surface area contributed by atoms with E-state index in [4.69, 9.17) is 11.6 Å². The van der Waals surface area contributed by atoms with E-state index in [9.17, 15) is 9.59 Å². The third kappa shape index (κ3) is 3.88. The number of hydrogen-bond donors (Lipinski definition) is 2. The molecule has 1 aliphatic rings. The van der Waals surface area contributed by atoms with Gasteiger partial charge in [0, 0.05) is 18.2 Å². The second-order valence-corrected chi connectivity index (χ2v) is 6.73. The first-order valence-electron chi connectivity index (χ1n) is 8.88. The summed E-state index contributed by atoms with van der Waals surface area (Å²) in [6.45, 7) is 4.43. The van der Waals surface area contributed by atoms with Gasteiger partial charge in [-0.1, -0.05) is 30.2 Å². The van der Waals surface area contributed by atoms with E-state index in [2.05, 4.69) is 20.9 Å². The number of benzene rings is 1. The molecular weight excluding hydrogens is 354 g/mol. The number of amides is 2. The molecule has 26 heavy (non-hydrogen) atoms. The maximum Gasteiger partial charge on any atom is 0.273 e. The summed E-state index contributed by atoms with van der Waals surface area (Å²) in [7, 11) is 0. The van der Waals surface area contributed by atoms with Crippen molar-refractivity contribution in [1.82, 2.24) is 25.6 Å². The molecule has 1 aromatic heterocycles. The van der Waals surface area contributed by atoms with Crippen molar-refractivity contribution in [3.8, 4) is 5.69 Å². The van der Waals surface area contributed by atoms with Crippen LogP contribution in [-0.4, -0.2) is 39.4 Å². The Morgan fingerprint density at radius 1 is 1.27 bits per heavy atom. The molecule has 8 heteroatoms. The summed E-state index contributed by atoms with van der Waals surface area (Å²) in [5.41, 5.74) is 2.13. The number of nitrogens with zero attached hydrogens (tertiary/aromatic N) is 3. The van der Waals surface area contributed by atoms with Gasteiger partial charge in [0.25, 0.3) is 11.8 Å². The fourth-order valence-electron chi connectivity index (χ4n) is 2.70. The Hall–Kier alpha value is -2.41. The van der Waals surface area contributed by atoms with Crippen LogP contribution in [0.5, 0.6) is 0 Å². The van der Waals surface area contributed by atoms with Gasteiger partial charge in [-0.25, -0.2) is 4.68 Å². The quantitative estimate of drug-likeness (QED) is 0.778. The molecule has 1 fully saturated rings. The van der Waals surface area contributed by atoms with Crippen molar-refractivity contribution in [3.63, 3.8) is 0 Å². The van der Waals surface area contributed by atoms with E-state index in [1.165, 1.54) is 0 Å². The SMILES string of the molecule is CCCc1c(C(=O)NC2CC2)nnn1-c1ccc(C(=O)NCC)cc1Cl. The molecule has 1 aliphatic carbocycles. The number of halogens is 1. The van der Waals surface area contributed by atoms with E-state index < -0.39 is 0 Å². The highest BCUT2D eigenvalue weighted by Crippen LogP contribution is 2.25. The highest BCUT2D eigenvalue weighted by molar-refractivity contribution is 6.32. The Morgan fingerprint density at radius 3 is 2.65 bits per heavy atom. The fourth-order valence-corrected chi connectivity index (χ4v) is 2.96. The minimum Gasteiger partial charge on any atom is -0.352 e. The Labute approximate surface area is 157 Å². The van der Waals surface area contributed by atoms with Gasteiger partial charge < -0.3 is 10.6 Å². The number of carbonyl (C=O) groups excluding carboxylic acids is 2. The number of carbonyl (C=O) groups is 2. The largest absolute Gasteiger partial charge is 0.352 e. The van der Waals surface area contributed by atoms with Gasteiger partial charge in [0.05, 0.1) is 16.4 Å². The maximum absolute atomic E-state index is 12.4. The summed E-state index contributed by atoms with van der Waals surface area (Å²) >= 11 is 6.39. The van der Waals surface area contributed by atoms with Gasteiger partial charge in [0.2, 0.25) is 0 Å². The summed E-state index contributed by atoms with van der Waals surface area (Å²) in [5, 5.41) is 14.3. The predicted molar refractivity (Wildman–Crippen MR) is 98.9 cm³/mol. The van der Waals surface area contributed by atoms with Gasteiger partial charge in [0.15, 0.2) is 5.69 Å². The summed E-state index contributed by atoms with van der Waals surface area (Å²) in [6.07, 6.45) is 3.51. The molecule has 1 heterocycles. The van der Waals surface area contributed by atoms with Crippen LogP contribution in [0, 0.1) is 0 Å². The number of nitrogens with one attached hydrogen (secondary N) is 2. The lowest BCUT2D eigenvalue weighted by molar-refractivity contribution is 0.0940. The van der Waals surface area contributed by atoms with Crippen LogP contribution in [0.4, 0.5) is 0 Å². The molecule has 0 aliphatic heterocycles. The van der Waals surface area contributed by atoms with Gasteiger partial charge in [-0.3, -0.25) is 9.59 Å². The monoisotopic (exact) mass is 375 g/mol. The molecule has 0 spiro atoms. The van der Waals surface area contributed by atoms with Gasteiger partial charge in [-0.05, 0) is 44.4 Å². The van der Waals surface area contributed by atoms with Crippen LogP contribution in [0.1, 0.15) is 59.7 Å². The summed E-state index contributed by atoms with van der Waals surface area (Å²) < 4.78 is 1.59. The van der Waals surface area contributed by atoms with E-state index in [1.54, 1.807) is 22.9 Å². The van der Waals surface area contributed by atoms with E-state index in [1.807, 2.05) is 13.8 Å². The summed E-state index contributed by atoms with van der Waals surface area (Å²) in [5.74, 6) is -0.380. The molecule has 2 N–H and O–H groups in total. The van der Waals surface area contributed by atoms with Crippen molar-refractivity contribution in [1.29, 1.82) is 0 Å². The van der Waals surface area contributed by atoms with Crippen LogP contribution in [-0.2, 0) is 6.42 Å². The van der Waals surface area contributed by atoms with Crippen molar-refractivity contribution < 1.29 is 9.59 Å². The molecule has 0 atom stereocenters. The zero-order valence-corrected chi connectivity index (χ0v) is 15.6. The van der Waals surface area contributed by atoms with Gasteiger partial charge >= 0.3 is 0 Å². The first-order chi connectivity index (χ1) is 12.5. The van der Waals surface area contributed by atoms with Gasteiger partial charge in [0.1, 0.15) is 0 Å². The Kier molecular flexibility index (Phi) is 5.56. The lowest BCUT2D eigenvalue weighted by atomic mass is 10.1. The predicted octanol–water partition coefficient (Wildman–Crippen LogP) is 2.52. The van der Waals surface area contributed by atoms with E-state index in [0.29, 0.717) is 34.9 Å². The fraction of sp³-hybridized carbons (Fsp3) is 0.444. The van der Waals surface area contributed by atoms with Crippen molar-refractivity contribution in [3.05, 3.63) is 40.2 Å². The van der Waals surface area contributed by atoms with E-state index in [0.717, 1.165) is 25.0 Å². The lowest BCUT2D eigenvalue weighted by Crippen LogP contribution is -2.27. The maximum atomic E-state index is 12.4. The molecule has 2 amide bonds. The lowest BCUT2D eigenvalue weighted by Gasteiger charge is -2.10. The average molecular weight is 376 g/mol. The molecular formula is C18H22ClN5O2. The van der Waals surface area contributed by atoms with Gasteiger partial charge in [-0.15, -0.1) is 5.10 Å². The Bertz CT molecular complexity index is 829. The molecule has 0 saturated heterocycles. The van der Waals surface area contributed by atoms with Crippen LogP contribution in [0.25, 0.3) is 5.69 Å². The normalized spacial score (nSPS) is 13.5. The molecule has 0 unspecified atom stereocenters. The third-order valence-corrected chi connectivity index (χ3v) is 4.46. The molecule has 2 aromatic rings. The minimum atomic E-state index is -0.197. The number of aromatic nitrogens is 3. The van der Waals surface area contributed by atoms with Crippen LogP contribution < -0.4 is 10.6 Å². The molecule has 0 radical (unpaired) electrons. The van der Waals surface area contributed by atoms with Crippen LogP contribution in [0.2, 0.25) is 5.02 Å². The van der Waals surface area contributed by atoms with Crippen molar-refractivity contribution >= 4 is 23.4 Å². The Balaban J connectivity index is 1.94. The smallest absolute Gasteiger partial charge is 0.273 e. The second-order valence-electron chi connectivity index (χ2n) is 6.32. The zero-order chi connectivity index (χ0) is 18.7. The van der Waals surface area contributed by atoms with Crippen molar-refractivity contribution in [2.45, 2.75) is 45.6 Å². The van der Waals surface area contributed by atoms with E-state index >= 15 is 0 Å². The average Bonchev–Trinajstić information content (AvgIpc) is 3.33. The molecule has 138 valence electrons. The summed E-state index contributed by atoms with van der Waals surface area (Å²) in [6, 6.07) is 5.27. The minimum absolute atomic E-state index is 0.183. The Morgan fingerprint density at radius 2 is 2.04 bits per heavy atom. The van der Waals surface area contributed by atoms with Gasteiger partial charge in [-0.2, -0.15) is 0 Å². The van der Waals surface area contributed by atoms with Crippen LogP contribution >= 0.6 is 11.6 Å².